The van der Waals surface area contributed by atoms with Crippen LogP contribution in [-0.2, 0) is 6.18 Å². The van der Waals surface area contributed by atoms with Crippen molar-refractivity contribution in [1.29, 1.82) is 0 Å². The molecule has 0 N–H and O–H groups in total. The lowest BCUT2D eigenvalue weighted by Gasteiger charge is -2.12. The molecule has 0 aliphatic rings. The van der Waals surface area contributed by atoms with E-state index < -0.39 is 33.0 Å². The maximum absolute atomic E-state index is 12.9. The molecule has 172 valence electrons. The molecule has 2 aromatic carbocycles. The molecule has 0 saturated carbocycles. The second-order valence-electron chi connectivity index (χ2n) is 6.52. The second-order valence-corrected chi connectivity index (χ2v) is 6.52. The van der Waals surface area contributed by atoms with Crippen LogP contribution in [0, 0.1) is 27.2 Å². The Hall–Kier alpha value is -4.42. The highest BCUT2D eigenvalue weighted by Gasteiger charge is 2.33. The van der Waals surface area contributed by atoms with E-state index in [-0.39, 0.29) is 28.6 Å². The molecule has 0 amide bonds. The molecule has 1 heterocycles. The van der Waals surface area contributed by atoms with Crippen LogP contribution in [-0.4, -0.2) is 22.1 Å². The third kappa shape index (κ3) is 5.08. The van der Waals surface area contributed by atoms with Gasteiger partial charge in [0, 0.05) is 6.07 Å². The molecule has 3 rings (SSSR count). The highest BCUT2D eigenvalue weighted by atomic mass is 19.4. The van der Waals surface area contributed by atoms with Crippen molar-refractivity contribution in [2.75, 3.05) is 7.11 Å². The van der Waals surface area contributed by atoms with E-state index in [9.17, 15) is 33.4 Å². The molecule has 0 unspecified atom stereocenters. The molecule has 0 aliphatic carbocycles. The van der Waals surface area contributed by atoms with E-state index in [0.717, 1.165) is 6.07 Å². The fourth-order valence-electron chi connectivity index (χ4n) is 2.80. The summed E-state index contributed by atoms with van der Waals surface area (Å²) in [6, 6.07) is 6.22. The fraction of sp³-hybridized carbons (Fsp3) is 0.150. The number of aromatic nitrogens is 1. The van der Waals surface area contributed by atoms with Crippen LogP contribution in [0.3, 0.4) is 0 Å². The van der Waals surface area contributed by atoms with Gasteiger partial charge in [-0.25, -0.2) is 0 Å². The highest BCUT2D eigenvalue weighted by Crippen LogP contribution is 2.40. The second kappa shape index (κ2) is 8.98. The summed E-state index contributed by atoms with van der Waals surface area (Å²) in [4.78, 5) is 20.8. The molecule has 0 atom stereocenters. The molecule has 0 radical (unpaired) electrons. The molecule has 1 aromatic heterocycles. The van der Waals surface area contributed by atoms with Gasteiger partial charge in [0.15, 0.2) is 17.2 Å². The number of hydrogen-bond acceptors (Lipinski definition) is 8. The summed E-state index contributed by atoms with van der Waals surface area (Å²) in [6.07, 6.45) is -1.96. The zero-order valence-corrected chi connectivity index (χ0v) is 17.0. The van der Waals surface area contributed by atoms with Gasteiger partial charge in [0.05, 0.1) is 22.5 Å². The summed E-state index contributed by atoms with van der Waals surface area (Å²) in [5.41, 5.74) is -1.74. The first-order valence-electron chi connectivity index (χ1n) is 9.01. The van der Waals surface area contributed by atoms with Gasteiger partial charge in [0.25, 0.3) is 0 Å². The number of hydrogen-bond donors (Lipinski definition) is 0. The van der Waals surface area contributed by atoms with E-state index in [1.54, 1.807) is 0 Å². The van der Waals surface area contributed by atoms with E-state index >= 15 is 0 Å². The van der Waals surface area contributed by atoms with Crippen molar-refractivity contribution < 1.29 is 37.0 Å². The number of alkyl halides is 3. The van der Waals surface area contributed by atoms with Crippen LogP contribution in [0.25, 0.3) is 12.2 Å². The number of nitro groups is 2. The number of methoxy groups -OCH3 is 1. The Bertz CT molecular complexity index is 1250. The van der Waals surface area contributed by atoms with Crippen LogP contribution in [0.4, 0.5) is 24.5 Å². The van der Waals surface area contributed by atoms with Gasteiger partial charge in [-0.05, 0) is 42.8 Å². The fourth-order valence-corrected chi connectivity index (χ4v) is 2.80. The van der Waals surface area contributed by atoms with Crippen molar-refractivity contribution >= 4 is 23.5 Å². The number of rotatable bonds is 7. The molecular formula is C20H14F3N3O7. The Morgan fingerprint density at radius 3 is 2.30 bits per heavy atom. The summed E-state index contributed by atoms with van der Waals surface area (Å²) in [5, 5.41) is 25.9. The number of aryl methyl sites for hydroxylation is 1. The van der Waals surface area contributed by atoms with Crippen molar-refractivity contribution in [3.05, 3.63) is 79.2 Å². The minimum atomic E-state index is -4.76. The highest BCUT2D eigenvalue weighted by molar-refractivity contribution is 5.73. The lowest BCUT2D eigenvalue weighted by Crippen LogP contribution is -2.06. The Morgan fingerprint density at radius 2 is 1.70 bits per heavy atom. The average molecular weight is 465 g/mol. The summed E-state index contributed by atoms with van der Waals surface area (Å²) < 4.78 is 54.2. The first-order valence-corrected chi connectivity index (χ1v) is 9.01. The predicted octanol–water partition coefficient (Wildman–Crippen LogP) is 5.79. The van der Waals surface area contributed by atoms with Crippen LogP contribution in [0.1, 0.15) is 22.6 Å². The van der Waals surface area contributed by atoms with Gasteiger partial charge in [-0.15, -0.1) is 0 Å². The van der Waals surface area contributed by atoms with Crippen molar-refractivity contribution in [1.82, 2.24) is 5.16 Å². The van der Waals surface area contributed by atoms with Crippen molar-refractivity contribution in [3.63, 3.8) is 0 Å². The summed E-state index contributed by atoms with van der Waals surface area (Å²) in [5.74, 6) is -0.381. The van der Waals surface area contributed by atoms with Gasteiger partial charge in [0.2, 0.25) is 11.5 Å². The largest absolute Gasteiger partial charge is 0.493 e. The quantitative estimate of drug-likeness (QED) is 0.316. The molecule has 3 aromatic rings. The van der Waals surface area contributed by atoms with Crippen molar-refractivity contribution in [3.8, 4) is 17.2 Å². The number of halogens is 3. The molecule has 0 bridgehead atoms. The number of nitro benzene ring substituents is 1. The van der Waals surface area contributed by atoms with Gasteiger partial charge >= 0.3 is 17.6 Å². The molecular weight excluding hydrogens is 451 g/mol. The zero-order chi connectivity index (χ0) is 24.3. The minimum Gasteiger partial charge on any atom is -0.493 e. The lowest BCUT2D eigenvalue weighted by molar-refractivity contribution is -0.386. The predicted molar refractivity (Wildman–Crippen MR) is 108 cm³/mol. The average Bonchev–Trinajstić information content (AvgIpc) is 3.12. The molecule has 33 heavy (non-hydrogen) atoms. The van der Waals surface area contributed by atoms with E-state index in [0.29, 0.717) is 17.7 Å². The summed E-state index contributed by atoms with van der Waals surface area (Å²) >= 11 is 0. The first kappa shape index (κ1) is 23.2. The summed E-state index contributed by atoms with van der Waals surface area (Å²) in [6.45, 7) is 1.43. The Labute approximate surface area is 183 Å². The lowest BCUT2D eigenvalue weighted by atomic mass is 10.1. The smallest absolute Gasteiger partial charge is 0.416 e. The van der Waals surface area contributed by atoms with Crippen LogP contribution in [0.15, 0.2) is 40.9 Å². The van der Waals surface area contributed by atoms with Crippen LogP contribution in [0.5, 0.6) is 17.2 Å². The molecule has 0 saturated heterocycles. The van der Waals surface area contributed by atoms with Crippen LogP contribution >= 0.6 is 0 Å². The number of nitrogens with zero attached hydrogens (tertiary/aromatic N) is 3. The number of ether oxygens (including phenoxy) is 2. The Balaban J connectivity index is 1.91. The molecule has 10 nitrogen and oxygen atoms in total. The molecule has 0 spiro atoms. The normalized spacial score (nSPS) is 11.5. The van der Waals surface area contributed by atoms with Crippen LogP contribution < -0.4 is 9.47 Å². The first-order chi connectivity index (χ1) is 15.5. The zero-order valence-electron chi connectivity index (χ0n) is 17.0. The minimum absolute atomic E-state index is 0.000927. The standard InChI is InChI=1S/C20H14F3N3O7/c1-11-19(26(29)30)17(33-24-11)7-4-12-3-6-16(18(9-12)31-2)32-15-8-5-13(20(21,22)23)10-14(15)25(27)28/h3-10H,1-2H3/b7-4-. The monoisotopic (exact) mass is 465 g/mol. The third-order valence-electron chi connectivity index (χ3n) is 4.36. The molecule has 0 aliphatic heterocycles. The van der Waals surface area contributed by atoms with Crippen molar-refractivity contribution in [2.24, 2.45) is 0 Å². The van der Waals surface area contributed by atoms with Gasteiger partial charge in [-0.1, -0.05) is 17.3 Å². The SMILES string of the molecule is COc1cc(/C=C\c2onc(C)c2[N+](=O)[O-])ccc1Oc1ccc(C(F)(F)F)cc1[N+](=O)[O-]. The maximum atomic E-state index is 12.9. The van der Waals surface area contributed by atoms with E-state index in [4.69, 9.17) is 14.0 Å². The topological polar surface area (TPSA) is 131 Å². The number of benzene rings is 2. The maximum Gasteiger partial charge on any atom is 0.416 e. The van der Waals surface area contributed by atoms with Gasteiger partial charge in [0.1, 0.15) is 0 Å². The van der Waals surface area contributed by atoms with Gasteiger partial charge in [-0.2, -0.15) is 13.2 Å². The van der Waals surface area contributed by atoms with Crippen molar-refractivity contribution in [2.45, 2.75) is 13.1 Å². The van der Waals surface area contributed by atoms with Gasteiger partial charge in [-0.3, -0.25) is 20.2 Å². The van der Waals surface area contributed by atoms with Crippen LogP contribution in [0.2, 0.25) is 0 Å². The third-order valence-corrected chi connectivity index (χ3v) is 4.36. The Morgan fingerprint density at radius 1 is 1.00 bits per heavy atom. The molecule has 0 fully saturated rings. The Kier molecular flexibility index (Phi) is 6.33. The summed E-state index contributed by atoms with van der Waals surface area (Å²) in [7, 11) is 1.29. The van der Waals surface area contributed by atoms with Gasteiger partial charge < -0.3 is 14.0 Å². The molecule has 13 heteroatoms. The van der Waals surface area contributed by atoms with E-state index in [1.807, 2.05) is 0 Å². The van der Waals surface area contributed by atoms with E-state index in [2.05, 4.69) is 5.16 Å². The van der Waals surface area contributed by atoms with E-state index in [1.165, 1.54) is 44.4 Å².